The smallest absolute Gasteiger partial charge is 0.244 e. The van der Waals surface area contributed by atoms with Crippen LogP contribution >= 0.6 is 0 Å². The maximum atomic E-state index is 13.9. The Kier molecular flexibility index (Phi) is 4.76. The topological polar surface area (TPSA) is 23.6 Å². The van der Waals surface area contributed by atoms with Gasteiger partial charge in [0, 0.05) is 37.3 Å². The third-order valence-electron chi connectivity index (χ3n) is 4.37. The van der Waals surface area contributed by atoms with Gasteiger partial charge in [0.1, 0.15) is 23.3 Å². The predicted octanol–water partition coefficient (Wildman–Crippen LogP) is 3.48. The van der Waals surface area contributed by atoms with Gasteiger partial charge in [0.2, 0.25) is 5.91 Å². The SMILES string of the molecule is C[C@@H]1C(=O)N(c2ccc(F)cc2F)CCN1Cc1ccc(F)cc1F. The van der Waals surface area contributed by atoms with Crippen LogP contribution in [0.25, 0.3) is 0 Å². The molecule has 1 amide bonds. The first-order valence-electron chi connectivity index (χ1n) is 7.81. The second-order valence-electron chi connectivity index (χ2n) is 5.97. The van der Waals surface area contributed by atoms with E-state index in [1.807, 2.05) is 0 Å². The molecule has 1 saturated heterocycles. The molecular weight excluding hydrogens is 336 g/mol. The molecule has 3 nitrogen and oxygen atoms in total. The molecule has 2 aromatic rings. The van der Waals surface area contributed by atoms with Crippen LogP contribution in [0.2, 0.25) is 0 Å². The molecule has 0 unspecified atom stereocenters. The van der Waals surface area contributed by atoms with Crippen molar-refractivity contribution in [2.45, 2.75) is 19.5 Å². The maximum Gasteiger partial charge on any atom is 0.244 e. The Morgan fingerprint density at radius 3 is 2.24 bits per heavy atom. The third-order valence-corrected chi connectivity index (χ3v) is 4.37. The molecule has 0 aliphatic carbocycles. The van der Waals surface area contributed by atoms with Gasteiger partial charge in [-0.2, -0.15) is 0 Å². The van der Waals surface area contributed by atoms with Crippen LogP contribution in [0.15, 0.2) is 36.4 Å². The van der Waals surface area contributed by atoms with Crippen molar-refractivity contribution < 1.29 is 22.4 Å². The van der Waals surface area contributed by atoms with E-state index in [0.717, 1.165) is 24.3 Å². The zero-order chi connectivity index (χ0) is 18.1. The van der Waals surface area contributed by atoms with E-state index in [2.05, 4.69) is 0 Å². The Hall–Kier alpha value is -2.41. The average molecular weight is 352 g/mol. The van der Waals surface area contributed by atoms with Crippen molar-refractivity contribution in [1.29, 1.82) is 0 Å². The molecule has 1 atom stereocenters. The molecule has 1 fully saturated rings. The van der Waals surface area contributed by atoms with E-state index < -0.39 is 29.3 Å². The van der Waals surface area contributed by atoms with Crippen molar-refractivity contribution >= 4 is 11.6 Å². The molecule has 25 heavy (non-hydrogen) atoms. The van der Waals surface area contributed by atoms with Crippen LogP contribution < -0.4 is 4.90 Å². The molecule has 7 heteroatoms. The summed E-state index contributed by atoms with van der Waals surface area (Å²) in [6.07, 6.45) is 0. The molecule has 0 N–H and O–H groups in total. The van der Waals surface area contributed by atoms with Crippen LogP contribution in [0.5, 0.6) is 0 Å². The van der Waals surface area contributed by atoms with Crippen LogP contribution in [0.3, 0.4) is 0 Å². The molecule has 0 aromatic heterocycles. The molecule has 0 radical (unpaired) electrons. The van der Waals surface area contributed by atoms with Gasteiger partial charge in [-0.05, 0) is 25.1 Å². The predicted molar refractivity (Wildman–Crippen MR) is 84.9 cm³/mol. The summed E-state index contributed by atoms with van der Waals surface area (Å²) in [6.45, 7) is 2.34. The standard InChI is InChI=1S/C18H16F4N2O/c1-11-18(25)24(17-5-4-14(20)9-16(17)22)7-6-23(11)10-12-2-3-13(19)8-15(12)21/h2-5,8-9,11H,6-7,10H2,1H3/t11-/m1/s1. The summed E-state index contributed by atoms with van der Waals surface area (Å²) >= 11 is 0. The number of carbonyl (C=O) groups is 1. The molecule has 1 heterocycles. The Morgan fingerprint density at radius 1 is 0.960 bits per heavy atom. The number of hydrogen-bond acceptors (Lipinski definition) is 2. The van der Waals surface area contributed by atoms with Gasteiger partial charge in [-0.25, -0.2) is 17.6 Å². The summed E-state index contributed by atoms with van der Waals surface area (Å²) in [5, 5.41) is 0. The molecule has 0 bridgehead atoms. The zero-order valence-corrected chi connectivity index (χ0v) is 13.5. The number of amides is 1. The number of hydrogen-bond donors (Lipinski definition) is 0. The zero-order valence-electron chi connectivity index (χ0n) is 13.5. The second-order valence-corrected chi connectivity index (χ2v) is 5.97. The Morgan fingerprint density at radius 2 is 1.60 bits per heavy atom. The molecule has 0 saturated carbocycles. The van der Waals surface area contributed by atoms with Crippen molar-refractivity contribution in [2.24, 2.45) is 0 Å². The first kappa shape index (κ1) is 17.4. The molecule has 1 aliphatic rings. The highest BCUT2D eigenvalue weighted by Gasteiger charge is 2.33. The summed E-state index contributed by atoms with van der Waals surface area (Å²) in [7, 11) is 0. The highest BCUT2D eigenvalue weighted by atomic mass is 19.1. The van der Waals surface area contributed by atoms with Crippen molar-refractivity contribution in [3.63, 3.8) is 0 Å². The van der Waals surface area contributed by atoms with Crippen molar-refractivity contribution in [3.8, 4) is 0 Å². The third kappa shape index (κ3) is 3.51. The van der Waals surface area contributed by atoms with E-state index in [4.69, 9.17) is 0 Å². The number of nitrogens with zero attached hydrogens (tertiary/aromatic N) is 2. The van der Waals surface area contributed by atoms with E-state index in [1.165, 1.54) is 17.0 Å². The van der Waals surface area contributed by atoms with Gasteiger partial charge < -0.3 is 4.90 Å². The van der Waals surface area contributed by atoms with Crippen molar-refractivity contribution in [1.82, 2.24) is 4.90 Å². The Labute approximate surface area is 142 Å². The van der Waals surface area contributed by atoms with Gasteiger partial charge in [0.25, 0.3) is 0 Å². The second kappa shape index (κ2) is 6.84. The minimum atomic E-state index is -0.807. The van der Waals surface area contributed by atoms with Crippen LogP contribution in [-0.4, -0.2) is 29.9 Å². The van der Waals surface area contributed by atoms with Gasteiger partial charge >= 0.3 is 0 Å². The fraction of sp³-hybridized carbons (Fsp3) is 0.278. The number of rotatable bonds is 3. The Balaban J connectivity index is 1.77. The number of halogens is 4. The number of benzene rings is 2. The van der Waals surface area contributed by atoms with Gasteiger partial charge in [-0.15, -0.1) is 0 Å². The molecule has 2 aromatic carbocycles. The Bertz CT molecular complexity index is 812. The lowest BCUT2D eigenvalue weighted by atomic mass is 10.1. The molecule has 0 spiro atoms. The minimum Gasteiger partial charge on any atom is -0.307 e. The van der Waals surface area contributed by atoms with Crippen molar-refractivity contribution in [2.75, 3.05) is 18.0 Å². The van der Waals surface area contributed by atoms with Gasteiger partial charge in [0.05, 0.1) is 11.7 Å². The van der Waals surface area contributed by atoms with Crippen molar-refractivity contribution in [3.05, 3.63) is 65.2 Å². The molecule has 3 rings (SSSR count). The normalized spacial score (nSPS) is 18.7. The largest absolute Gasteiger partial charge is 0.307 e. The number of carbonyl (C=O) groups excluding carboxylic acids is 1. The summed E-state index contributed by atoms with van der Waals surface area (Å²) < 4.78 is 53.8. The molecule has 132 valence electrons. The first-order valence-corrected chi connectivity index (χ1v) is 7.81. The highest BCUT2D eigenvalue weighted by molar-refractivity contribution is 5.97. The van der Waals surface area contributed by atoms with Crippen LogP contribution in [0.1, 0.15) is 12.5 Å². The highest BCUT2D eigenvalue weighted by Crippen LogP contribution is 2.25. The lowest BCUT2D eigenvalue weighted by Gasteiger charge is -2.39. The van der Waals surface area contributed by atoms with E-state index in [0.29, 0.717) is 6.54 Å². The van der Waals surface area contributed by atoms with E-state index in [-0.39, 0.29) is 30.2 Å². The lowest BCUT2D eigenvalue weighted by Crippen LogP contribution is -2.55. The fourth-order valence-electron chi connectivity index (χ4n) is 2.94. The summed E-state index contributed by atoms with van der Waals surface area (Å²) in [5.74, 6) is -3.22. The lowest BCUT2D eigenvalue weighted by molar-refractivity contribution is -0.125. The summed E-state index contributed by atoms with van der Waals surface area (Å²) in [5.41, 5.74) is 0.299. The quantitative estimate of drug-likeness (QED) is 0.790. The maximum absolute atomic E-state index is 13.9. The minimum absolute atomic E-state index is 0.0193. The number of anilines is 1. The summed E-state index contributed by atoms with van der Waals surface area (Å²) in [4.78, 5) is 15.6. The van der Waals surface area contributed by atoms with E-state index >= 15 is 0 Å². The van der Waals surface area contributed by atoms with Crippen LogP contribution in [0.4, 0.5) is 23.2 Å². The monoisotopic (exact) mass is 352 g/mol. The van der Waals surface area contributed by atoms with Crippen LogP contribution in [-0.2, 0) is 11.3 Å². The van der Waals surface area contributed by atoms with E-state index in [1.54, 1.807) is 11.8 Å². The fourth-order valence-corrected chi connectivity index (χ4v) is 2.94. The average Bonchev–Trinajstić information content (AvgIpc) is 2.55. The first-order chi connectivity index (χ1) is 11.9. The van der Waals surface area contributed by atoms with Crippen LogP contribution in [0, 0.1) is 23.3 Å². The summed E-state index contributed by atoms with van der Waals surface area (Å²) in [6, 6.07) is 5.73. The molecule has 1 aliphatic heterocycles. The number of piperazine rings is 1. The van der Waals surface area contributed by atoms with Gasteiger partial charge in [-0.3, -0.25) is 9.69 Å². The van der Waals surface area contributed by atoms with Gasteiger partial charge in [-0.1, -0.05) is 6.07 Å². The van der Waals surface area contributed by atoms with E-state index in [9.17, 15) is 22.4 Å². The van der Waals surface area contributed by atoms with Gasteiger partial charge in [0.15, 0.2) is 0 Å². The molecular formula is C18H16F4N2O.